The molecule has 0 atom stereocenters. The Balaban J connectivity index is 1.42. The van der Waals surface area contributed by atoms with E-state index in [1.807, 2.05) is 11.3 Å². The van der Waals surface area contributed by atoms with Crippen LogP contribution in [0.4, 0.5) is 0 Å². The molecule has 2 aromatic heterocycles. The maximum absolute atomic E-state index is 2.41. The average Bonchev–Trinajstić information content (AvgIpc) is 3.43. The number of fused-ring (bicyclic) bond motifs is 6. The van der Waals surface area contributed by atoms with E-state index in [0.29, 0.717) is 0 Å². The number of aromatic nitrogens is 1. The van der Waals surface area contributed by atoms with Gasteiger partial charge in [0.1, 0.15) is 0 Å². The smallest absolute Gasteiger partial charge is 0.0775 e. The van der Waals surface area contributed by atoms with Crippen molar-refractivity contribution in [2.24, 2.45) is 0 Å². The first-order valence-electron chi connectivity index (χ1n) is 12.5. The van der Waals surface area contributed by atoms with Gasteiger partial charge in [0.15, 0.2) is 0 Å². The summed E-state index contributed by atoms with van der Waals surface area (Å²) >= 11 is 1.87. The lowest BCUT2D eigenvalue weighted by Crippen LogP contribution is -2.37. The molecule has 0 aliphatic carbocycles. The van der Waals surface area contributed by atoms with E-state index in [-0.39, 0.29) is 0 Å². The minimum Gasteiger partial charge on any atom is -0.309 e. The molecule has 0 unspecified atom stereocenters. The molecule has 0 aliphatic rings. The number of hydrogen-bond acceptors (Lipinski definition) is 1. The number of nitrogens with zero attached hydrogens (tertiary/aromatic N) is 1. The number of para-hydroxylation sites is 1. The van der Waals surface area contributed by atoms with E-state index in [4.69, 9.17) is 0 Å². The second-order valence-electron chi connectivity index (χ2n) is 10.7. The molecule has 0 bridgehead atoms. The third kappa shape index (κ3) is 3.35. The van der Waals surface area contributed by atoms with Gasteiger partial charge < -0.3 is 4.57 Å². The van der Waals surface area contributed by atoms with Gasteiger partial charge in [0.05, 0.1) is 19.1 Å². The third-order valence-electron chi connectivity index (χ3n) is 7.37. The van der Waals surface area contributed by atoms with Crippen LogP contribution in [0.3, 0.4) is 0 Å². The largest absolute Gasteiger partial charge is 0.309 e. The highest BCUT2D eigenvalue weighted by atomic mass is 32.1. The van der Waals surface area contributed by atoms with Crippen LogP contribution < -0.4 is 5.19 Å². The van der Waals surface area contributed by atoms with Crippen molar-refractivity contribution in [3.63, 3.8) is 0 Å². The lowest BCUT2D eigenvalue weighted by atomic mass is 10.0. The molecule has 0 saturated carbocycles. The van der Waals surface area contributed by atoms with Crippen LogP contribution in [-0.2, 0) is 0 Å². The molecule has 174 valence electrons. The van der Waals surface area contributed by atoms with E-state index in [1.54, 1.807) is 0 Å². The zero-order valence-corrected chi connectivity index (χ0v) is 22.6. The fourth-order valence-corrected chi connectivity index (χ4v) is 7.70. The van der Waals surface area contributed by atoms with Crippen LogP contribution in [0.25, 0.3) is 58.8 Å². The minimum absolute atomic E-state index is 1.22. The SMILES string of the molecule is C[Si](C)(C)c1ccc(-n2c3ccccc3c3cc(-c4ccc5sc6ccccc6c5c4)ccc32)cc1. The summed E-state index contributed by atoms with van der Waals surface area (Å²) in [4.78, 5) is 0. The topological polar surface area (TPSA) is 4.93 Å². The first-order valence-corrected chi connectivity index (χ1v) is 16.8. The van der Waals surface area contributed by atoms with E-state index < -0.39 is 8.07 Å². The summed E-state index contributed by atoms with van der Waals surface area (Å²) in [5.41, 5.74) is 6.26. The molecule has 7 aromatic rings. The van der Waals surface area contributed by atoms with Gasteiger partial charge in [-0.2, -0.15) is 0 Å². The Morgan fingerprint density at radius 3 is 1.92 bits per heavy atom. The zero-order chi connectivity index (χ0) is 24.4. The maximum Gasteiger partial charge on any atom is 0.0775 e. The number of hydrogen-bond donors (Lipinski definition) is 0. The third-order valence-corrected chi connectivity index (χ3v) is 10.6. The van der Waals surface area contributed by atoms with Crippen molar-refractivity contribution in [2.75, 3.05) is 0 Å². The predicted molar refractivity (Wildman–Crippen MR) is 162 cm³/mol. The van der Waals surface area contributed by atoms with Gasteiger partial charge in [-0.1, -0.05) is 85.5 Å². The van der Waals surface area contributed by atoms with Crippen molar-refractivity contribution in [3.8, 4) is 16.8 Å². The van der Waals surface area contributed by atoms with Crippen LogP contribution in [0.5, 0.6) is 0 Å². The average molecular weight is 498 g/mol. The Kier molecular flexibility index (Phi) is 4.75. The van der Waals surface area contributed by atoms with Crippen LogP contribution >= 0.6 is 11.3 Å². The number of rotatable bonds is 3. The molecule has 0 aliphatic heterocycles. The Hall–Kier alpha value is -3.66. The summed E-state index contributed by atoms with van der Waals surface area (Å²) < 4.78 is 5.11. The molecule has 2 heterocycles. The molecule has 0 saturated heterocycles. The van der Waals surface area contributed by atoms with E-state index in [9.17, 15) is 0 Å². The Bertz CT molecular complexity index is 1920. The second kappa shape index (κ2) is 7.92. The van der Waals surface area contributed by atoms with Crippen LogP contribution in [0, 0.1) is 0 Å². The van der Waals surface area contributed by atoms with Gasteiger partial charge in [0.2, 0.25) is 0 Å². The Morgan fingerprint density at radius 1 is 0.528 bits per heavy atom. The van der Waals surface area contributed by atoms with E-state index in [2.05, 4.69) is 133 Å². The van der Waals surface area contributed by atoms with Crippen molar-refractivity contribution in [2.45, 2.75) is 19.6 Å². The summed E-state index contributed by atoms with van der Waals surface area (Å²) in [6.45, 7) is 7.21. The maximum atomic E-state index is 2.41. The minimum atomic E-state index is -1.33. The van der Waals surface area contributed by atoms with Crippen molar-refractivity contribution >= 4 is 66.6 Å². The van der Waals surface area contributed by atoms with Gasteiger partial charge in [0.25, 0.3) is 0 Å². The second-order valence-corrected chi connectivity index (χ2v) is 16.9. The molecule has 5 aromatic carbocycles. The molecular weight excluding hydrogens is 471 g/mol. The lowest BCUT2D eigenvalue weighted by Gasteiger charge is -2.17. The van der Waals surface area contributed by atoms with Crippen LogP contribution in [0.15, 0.2) is 109 Å². The van der Waals surface area contributed by atoms with Gasteiger partial charge in [-0.3, -0.25) is 0 Å². The standard InChI is InChI=1S/C33H27NSSi/c1-36(2,3)25-16-14-24(15-17-25)34-30-10-6-4-8-26(30)28-20-22(12-18-31(28)34)23-13-19-33-29(21-23)27-9-5-7-11-32(27)35-33/h4-21H,1-3H3. The van der Waals surface area contributed by atoms with E-state index >= 15 is 0 Å². The van der Waals surface area contributed by atoms with Crippen molar-refractivity contribution in [1.29, 1.82) is 0 Å². The molecule has 0 N–H and O–H groups in total. The first kappa shape index (κ1) is 21.6. The van der Waals surface area contributed by atoms with Gasteiger partial charge in [-0.15, -0.1) is 11.3 Å². The van der Waals surface area contributed by atoms with Crippen molar-refractivity contribution < 1.29 is 0 Å². The summed E-state index contributed by atoms with van der Waals surface area (Å²) in [5, 5.41) is 6.78. The molecule has 3 heteroatoms. The van der Waals surface area contributed by atoms with E-state index in [0.717, 1.165) is 0 Å². The molecule has 0 amide bonds. The van der Waals surface area contributed by atoms with Crippen molar-refractivity contribution in [3.05, 3.63) is 109 Å². The monoisotopic (exact) mass is 497 g/mol. The van der Waals surface area contributed by atoms with E-state index in [1.165, 1.54) is 64.0 Å². The lowest BCUT2D eigenvalue weighted by molar-refractivity contribution is 1.18. The zero-order valence-electron chi connectivity index (χ0n) is 20.7. The summed E-state index contributed by atoms with van der Waals surface area (Å²) in [6.07, 6.45) is 0. The van der Waals surface area contributed by atoms with Crippen molar-refractivity contribution in [1.82, 2.24) is 4.57 Å². The van der Waals surface area contributed by atoms with Gasteiger partial charge >= 0.3 is 0 Å². The highest BCUT2D eigenvalue weighted by molar-refractivity contribution is 7.25. The highest BCUT2D eigenvalue weighted by Crippen LogP contribution is 2.38. The molecule has 0 spiro atoms. The normalized spacial score (nSPS) is 12.3. The fourth-order valence-electron chi connectivity index (χ4n) is 5.45. The molecule has 0 fully saturated rings. The molecule has 0 radical (unpaired) electrons. The summed E-state index contributed by atoms with van der Waals surface area (Å²) in [7, 11) is -1.33. The molecular formula is C33H27NSSi. The van der Waals surface area contributed by atoms with Crippen LogP contribution in [-0.4, -0.2) is 12.6 Å². The molecule has 36 heavy (non-hydrogen) atoms. The summed E-state index contributed by atoms with van der Waals surface area (Å²) in [5.74, 6) is 0. The number of benzene rings is 5. The predicted octanol–water partition coefficient (Wildman–Crippen LogP) is 9.36. The Morgan fingerprint density at radius 2 is 1.14 bits per heavy atom. The first-order chi connectivity index (χ1) is 17.5. The molecule has 1 nitrogen and oxygen atoms in total. The van der Waals surface area contributed by atoms with Gasteiger partial charge in [-0.25, -0.2) is 0 Å². The van der Waals surface area contributed by atoms with Gasteiger partial charge in [-0.05, 0) is 59.7 Å². The quantitative estimate of drug-likeness (QED) is 0.214. The summed E-state index contributed by atoms with van der Waals surface area (Å²) in [6, 6.07) is 40.6. The van der Waals surface area contributed by atoms with Crippen LogP contribution in [0.2, 0.25) is 19.6 Å². The van der Waals surface area contributed by atoms with Gasteiger partial charge in [0, 0.05) is 36.6 Å². The van der Waals surface area contributed by atoms with Crippen LogP contribution in [0.1, 0.15) is 0 Å². The molecule has 7 rings (SSSR count). The Labute approximate surface area is 216 Å². The number of thiophene rings is 1. The highest BCUT2D eigenvalue weighted by Gasteiger charge is 2.17. The fraction of sp³-hybridized carbons (Fsp3) is 0.0909.